The molecule has 126 valence electrons. The van der Waals surface area contributed by atoms with Crippen molar-refractivity contribution < 1.29 is 4.79 Å². The number of pyridine rings is 1. The Bertz CT molecular complexity index is 799. The van der Waals surface area contributed by atoms with Crippen LogP contribution in [-0.2, 0) is 4.79 Å². The van der Waals surface area contributed by atoms with E-state index in [4.69, 9.17) is 11.6 Å². The Balaban J connectivity index is 0.00000100. The van der Waals surface area contributed by atoms with E-state index >= 15 is 0 Å². The number of aromatic amines is 1. The normalized spacial score (nSPS) is 11.5. The lowest BCUT2D eigenvalue weighted by molar-refractivity contribution is -0.120. The first-order valence-electron chi connectivity index (χ1n) is 8.07. The monoisotopic (exact) mass is 343 g/mol. The summed E-state index contributed by atoms with van der Waals surface area (Å²) in [5, 5.41) is 4.21. The molecule has 3 aromatic rings. The maximum Gasteiger partial charge on any atom is 0.220 e. The summed E-state index contributed by atoms with van der Waals surface area (Å²) < 4.78 is 0. The van der Waals surface area contributed by atoms with Gasteiger partial charge in [-0.25, -0.2) is 4.98 Å². The molecule has 4 nitrogen and oxygen atoms in total. The fourth-order valence-electron chi connectivity index (χ4n) is 2.70. The second-order valence-electron chi connectivity index (χ2n) is 5.10. The fourth-order valence-corrected chi connectivity index (χ4v) is 2.95. The van der Waals surface area contributed by atoms with Crippen molar-refractivity contribution in [3.63, 3.8) is 0 Å². The van der Waals surface area contributed by atoms with Crippen LogP contribution in [0.2, 0.25) is 5.02 Å². The van der Waals surface area contributed by atoms with E-state index in [2.05, 4.69) is 15.3 Å². The molecule has 1 aromatic carbocycles. The number of hydrogen-bond acceptors (Lipinski definition) is 2. The van der Waals surface area contributed by atoms with Crippen molar-refractivity contribution in [1.29, 1.82) is 0 Å². The molecular formula is C19H22ClN3O. The maximum atomic E-state index is 11.9. The van der Waals surface area contributed by atoms with Gasteiger partial charge in [0.05, 0.1) is 5.02 Å². The molecule has 0 saturated carbocycles. The highest BCUT2D eigenvalue weighted by atomic mass is 35.5. The number of hydrogen-bond donors (Lipinski definition) is 2. The number of nitrogens with one attached hydrogen (secondary N) is 2. The summed E-state index contributed by atoms with van der Waals surface area (Å²) in [7, 11) is 1.65. The smallest absolute Gasteiger partial charge is 0.220 e. The number of aromatic nitrogens is 2. The minimum absolute atomic E-state index is 0.0109. The predicted octanol–water partition coefficient (Wildman–Crippen LogP) is 4.51. The molecule has 5 heteroatoms. The number of benzene rings is 1. The molecule has 0 aliphatic carbocycles. The van der Waals surface area contributed by atoms with Gasteiger partial charge in [-0.2, -0.15) is 0 Å². The van der Waals surface area contributed by atoms with E-state index in [-0.39, 0.29) is 11.8 Å². The third-order valence-electron chi connectivity index (χ3n) is 3.80. The second-order valence-corrected chi connectivity index (χ2v) is 5.51. The largest absolute Gasteiger partial charge is 0.359 e. The van der Waals surface area contributed by atoms with Crippen LogP contribution in [0.15, 0.2) is 48.8 Å². The molecule has 0 saturated heterocycles. The number of H-pyrrole nitrogens is 1. The number of halogens is 1. The van der Waals surface area contributed by atoms with Crippen LogP contribution in [0.1, 0.15) is 37.3 Å². The van der Waals surface area contributed by atoms with Gasteiger partial charge in [-0.1, -0.05) is 55.8 Å². The van der Waals surface area contributed by atoms with E-state index in [0.717, 1.165) is 22.2 Å². The van der Waals surface area contributed by atoms with Gasteiger partial charge in [-0.05, 0) is 17.2 Å². The topological polar surface area (TPSA) is 57.8 Å². The van der Waals surface area contributed by atoms with Crippen molar-refractivity contribution in [2.45, 2.75) is 26.2 Å². The highest BCUT2D eigenvalue weighted by Gasteiger charge is 2.22. The highest BCUT2D eigenvalue weighted by molar-refractivity contribution is 6.35. The minimum Gasteiger partial charge on any atom is -0.359 e. The van der Waals surface area contributed by atoms with Crippen LogP contribution in [0, 0.1) is 0 Å². The molecule has 1 amide bonds. The fraction of sp³-hybridized carbons (Fsp3) is 0.263. The summed E-state index contributed by atoms with van der Waals surface area (Å²) in [4.78, 5) is 19.4. The van der Waals surface area contributed by atoms with Crippen LogP contribution in [0.5, 0.6) is 0 Å². The van der Waals surface area contributed by atoms with Crippen molar-refractivity contribution in [1.82, 2.24) is 15.3 Å². The standard InChI is InChI=1S/C17H16ClN3O.C2H6/c1-19-15(22)9-12(11-5-3-2-4-6-11)13-10-21-17-16(13)14(18)7-8-20-17;1-2/h2-8,10,12H,9H2,1H3,(H,19,22)(H,20,21);1-2H3. The molecule has 0 fully saturated rings. The zero-order chi connectivity index (χ0) is 17.5. The Hall–Kier alpha value is -2.33. The van der Waals surface area contributed by atoms with E-state index in [1.165, 1.54) is 0 Å². The van der Waals surface area contributed by atoms with Gasteiger partial charge in [0.15, 0.2) is 0 Å². The number of fused-ring (bicyclic) bond motifs is 1. The van der Waals surface area contributed by atoms with E-state index in [1.54, 1.807) is 19.3 Å². The van der Waals surface area contributed by atoms with Crippen LogP contribution in [0.4, 0.5) is 0 Å². The molecule has 0 bridgehead atoms. The lowest BCUT2D eigenvalue weighted by Crippen LogP contribution is -2.21. The molecule has 1 unspecified atom stereocenters. The van der Waals surface area contributed by atoms with E-state index in [0.29, 0.717) is 11.4 Å². The summed E-state index contributed by atoms with van der Waals surface area (Å²) in [6.45, 7) is 4.00. The molecule has 0 spiro atoms. The van der Waals surface area contributed by atoms with Crippen LogP contribution in [-0.4, -0.2) is 22.9 Å². The molecule has 0 radical (unpaired) electrons. The van der Waals surface area contributed by atoms with E-state index in [1.807, 2.05) is 50.4 Å². The molecule has 0 aliphatic heterocycles. The average molecular weight is 344 g/mol. The van der Waals surface area contributed by atoms with Gasteiger partial charge >= 0.3 is 0 Å². The average Bonchev–Trinajstić information content (AvgIpc) is 3.07. The van der Waals surface area contributed by atoms with Gasteiger partial charge in [-0.3, -0.25) is 4.79 Å². The first-order valence-corrected chi connectivity index (χ1v) is 8.45. The number of rotatable bonds is 4. The summed E-state index contributed by atoms with van der Waals surface area (Å²) in [5.74, 6) is -0.0835. The molecule has 24 heavy (non-hydrogen) atoms. The Labute approximate surface area is 147 Å². The first-order chi connectivity index (χ1) is 11.7. The van der Waals surface area contributed by atoms with E-state index in [9.17, 15) is 4.79 Å². The van der Waals surface area contributed by atoms with Gasteiger partial charge in [0.25, 0.3) is 0 Å². The summed E-state index contributed by atoms with van der Waals surface area (Å²) in [6, 6.07) is 11.7. The lowest BCUT2D eigenvalue weighted by Gasteiger charge is -2.16. The number of carbonyl (C=O) groups excluding carboxylic acids is 1. The van der Waals surface area contributed by atoms with Crippen molar-refractivity contribution >= 4 is 28.5 Å². The van der Waals surface area contributed by atoms with Crippen molar-refractivity contribution in [2.24, 2.45) is 0 Å². The number of nitrogens with zero attached hydrogens (tertiary/aromatic N) is 1. The Morgan fingerprint density at radius 2 is 1.96 bits per heavy atom. The van der Waals surface area contributed by atoms with Crippen molar-refractivity contribution in [3.05, 3.63) is 64.9 Å². The van der Waals surface area contributed by atoms with Crippen molar-refractivity contribution in [3.8, 4) is 0 Å². The molecule has 1 atom stereocenters. The van der Waals surface area contributed by atoms with Gasteiger partial charge in [0.2, 0.25) is 5.91 Å². The lowest BCUT2D eigenvalue weighted by atomic mass is 9.88. The number of amides is 1. The predicted molar refractivity (Wildman–Crippen MR) is 99.4 cm³/mol. The zero-order valence-corrected chi connectivity index (χ0v) is 14.9. The van der Waals surface area contributed by atoms with Crippen LogP contribution >= 0.6 is 11.6 Å². The maximum absolute atomic E-state index is 11.9. The molecule has 3 rings (SSSR count). The molecule has 2 heterocycles. The van der Waals surface area contributed by atoms with Crippen LogP contribution < -0.4 is 5.32 Å². The SMILES string of the molecule is CC.CNC(=O)CC(c1ccccc1)c1c[nH]c2nccc(Cl)c12. The van der Waals surface area contributed by atoms with Gasteiger partial charge in [0, 0.05) is 37.2 Å². The van der Waals surface area contributed by atoms with Gasteiger partial charge < -0.3 is 10.3 Å². The van der Waals surface area contributed by atoms with Gasteiger partial charge in [0.1, 0.15) is 5.65 Å². The molecular weight excluding hydrogens is 322 g/mol. The van der Waals surface area contributed by atoms with Gasteiger partial charge in [-0.15, -0.1) is 0 Å². The zero-order valence-electron chi connectivity index (χ0n) is 14.1. The third-order valence-corrected chi connectivity index (χ3v) is 4.11. The molecule has 2 N–H and O–H groups in total. The minimum atomic E-state index is -0.0726. The van der Waals surface area contributed by atoms with Crippen LogP contribution in [0.3, 0.4) is 0 Å². The number of carbonyl (C=O) groups is 1. The molecule has 2 aromatic heterocycles. The van der Waals surface area contributed by atoms with E-state index < -0.39 is 0 Å². The Morgan fingerprint density at radius 3 is 2.62 bits per heavy atom. The highest BCUT2D eigenvalue weighted by Crippen LogP contribution is 2.35. The molecule has 0 aliphatic rings. The summed E-state index contributed by atoms with van der Waals surface area (Å²) in [6.07, 6.45) is 3.92. The third kappa shape index (κ3) is 3.77. The van der Waals surface area contributed by atoms with Crippen LogP contribution in [0.25, 0.3) is 11.0 Å². The quantitative estimate of drug-likeness (QED) is 0.732. The Morgan fingerprint density at radius 1 is 1.25 bits per heavy atom. The summed E-state index contributed by atoms with van der Waals surface area (Å²) in [5.41, 5.74) is 2.80. The Kier molecular flexibility index (Phi) is 6.38. The second kappa shape index (κ2) is 8.50. The van der Waals surface area contributed by atoms with Crippen molar-refractivity contribution in [2.75, 3.05) is 7.05 Å². The first kappa shape index (κ1) is 18.0. The summed E-state index contributed by atoms with van der Waals surface area (Å²) >= 11 is 6.34.